The van der Waals surface area contributed by atoms with Crippen LogP contribution in [0.3, 0.4) is 0 Å². The average Bonchev–Trinajstić information content (AvgIpc) is 3.36. The first-order chi connectivity index (χ1) is 14.0. The number of amides is 1. The third-order valence-electron chi connectivity index (χ3n) is 4.48. The van der Waals surface area contributed by atoms with Gasteiger partial charge in [0.1, 0.15) is 11.3 Å². The van der Waals surface area contributed by atoms with Crippen molar-refractivity contribution in [3.8, 4) is 11.5 Å². The Kier molecular flexibility index (Phi) is 5.23. The van der Waals surface area contributed by atoms with Crippen LogP contribution in [0.4, 0.5) is 5.69 Å². The van der Waals surface area contributed by atoms with Gasteiger partial charge in [-0.2, -0.15) is 0 Å². The summed E-state index contributed by atoms with van der Waals surface area (Å²) in [6, 6.07) is 14.7. The summed E-state index contributed by atoms with van der Waals surface area (Å²) in [7, 11) is 0. The van der Waals surface area contributed by atoms with Gasteiger partial charge in [-0.1, -0.05) is 31.5 Å². The Morgan fingerprint density at radius 3 is 2.79 bits per heavy atom. The van der Waals surface area contributed by atoms with Crippen LogP contribution < -0.4 is 5.32 Å². The highest BCUT2D eigenvalue weighted by molar-refractivity contribution is 6.33. The average molecular weight is 407 g/mol. The molecule has 0 fully saturated rings. The van der Waals surface area contributed by atoms with Crippen molar-refractivity contribution < 1.29 is 13.6 Å². The van der Waals surface area contributed by atoms with Gasteiger partial charge in [0, 0.05) is 11.8 Å². The molecule has 146 valence electrons. The molecular weight excluding hydrogens is 388 g/mol. The smallest absolute Gasteiger partial charge is 0.248 e. The van der Waals surface area contributed by atoms with Crippen molar-refractivity contribution in [1.82, 2.24) is 4.98 Å². The van der Waals surface area contributed by atoms with E-state index in [9.17, 15) is 4.79 Å². The van der Waals surface area contributed by atoms with E-state index in [1.807, 2.05) is 18.2 Å². The van der Waals surface area contributed by atoms with Gasteiger partial charge in [-0.15, -0.1) is 0 Å². The van der Waals surface area contributed by atoms with E-state index in [4.69, 9.17) is 20.4 Å². The fourth-order valence-electron chi connectivity index (χ4n) is 2.91. The second-order valence-electron chi connectivity index (χ2n) is 6.93. The van der Waals surface area contributed by atoms with E-state index in [0.29, 0.717) is 39.4 Å². The van der Waals surface area contributed by atoms with Crippen LogP contribution in [-0.4, -0.2) is 10.9 Å². The summed E-state index contributed by atoms with van der Waals surface area (Å²) in [6.45, 7) is 4.26. The van der Waals surface area contributed by atoms with E-state index >= 15 is 0 Å². The minimum Gasteiger partial charge on any atom is -0.465 e. The third-order valence-corrected chi connectivity index (χ3v) is 4.81. The summed E-state index contributed by atoms with van der Waals surface area (Å²) in [5.41, 5.74) is 3.85. The molecule has 4 aromatic rings. The lowest BCUT2D eigenvalue weighted by Gasteiger charge is -2.05. The summed E-state index contributed by atoms with van der Waals surface area (Å²) in [5.74, 6) is 1.13. The highest BCUT2D eigenvalue weighted by Crippen LogP contribution is 2.33. The predicted molar refractivity (Wildman–Crippen MR) is 115 cm³/mol. The number of benzene rings is 2. The molecule has 0 saturated heterocycles. The lowest BCUT2D eigenvalue weighted by Crippen LogP contribution is -2.07. The summed E-state index contributed by atoms with van der Waals surface area (Å²) >= 11 is 6.37. The molecule has 1 amide bonds. The van der Waals surface area contributed by atoms with Gasteiger partial charge in [-0.3, -0.25) is 4.79 Å². The molecule has 0 radical (unpaired) electrons. The number of nitrogens with one attached hydrogen (secondary N) is 1. The number of aromatic nitrogens is 1. The zero-order valence-corrected chi connectivity index (χ0v) is 16.7. The lowest BCUT2D eigenvalue weighted by molar-refractivity contribution is -0.111. The second-order valence-corrected chi connectivity index (χ2v) is 7.34. The normalized spacial score (nSPS) is 11.6. The first-order valence-corrected chi connectivity index (χ1v) is 9.60. The Balaban J connectivity index is 1.60. The molecule has 29 heavy (non-hydrogen) atoms. The molecule has 0 aliphatic carbocycles. The van der Waals surface area contributed by atoms with Crippen LogP contribution in [0.15, 0.2) is 69.7 Å². The topological polar surface area (TPSA) is 68.3 Å². The van der Waals surface area contributed by atoms with E-state index in [-0.39, 0.29) is 5.91 Å². The van der Waals surface area contributed by atoms with Crippen LogP contribution in [0.2, 0.25) is 5.02 Å². The molecule has 2 heterocycles. The molecule has 6 heteroatoms. The van der Waals surface area contributed by atoms with Crippen molar-refractivity contribution in [3.05, 3.63) is 77.2 Å². The van der Waals surface area contributed by atoms with Crippen LogP contribution in [0.5, 0.6) is 0 Å². The molecule has 1 N–H and O–H groups in total. The third kappa shape index (κ3) is 4.25. The molecule has 2 aromatic carbocycles. The molecule has 0 aliphatic heterocycles. The van der Waals surface area contributed by atoms with Gasteiger partial charge < -0.3 is 14.2 Å². The van der Waals surface area contributed by atoms with E-state index in [1.165, 1.54) is 11.6 Å². The van der Waals surface area contributed by atoms with Gasteiger partial charge >= 0.3 is 0 Å². The number of carbonyl (C=O) groups excluding carboxylic acids is 1. The van der Waals surface area contributed by atoms with Gasteiger partial charge in [-0.25, -0.2) is 4.98 Å². The molecular formula is C23H19ClN2O3. The zero-order valence-electron chi connectivity index (χ0n) is 16.0. The molecule has 0 unspecified atom stereocenters. The number of nitrogens with zero attached hydrogens (tertiary/aromatic N) is 1. The largest absolute Gasteiger partial charge is 0.465 e. The number of anilines is 1. The van der Waals surface area contributed by atoms with Crippen molar-refractivity contribution in [2.45, 2.75) is 19.8 Å². The number of hydrogen-bond acceptors (Lipinski definition) is 4. The molecule has 5 nitrogen and oxygen atoms in total. The molecule has 0 bridgehead atoms. The zero-order chi connectivity index (χ0) is 20.4. The number of carbonyl (C=O) groups is 1. The van der Waals surface area contributed by atoms with E-state index in [0.717, 1.165) is 5.52 Å². The maximum atomic E-state index is 12.2. The molecule has 4 rings (SSSR count). The number of oxazole rings is 1. The lowest BCUT2D eigenvalue weighted by atomic mass is 10.0. The molecule has 0 atom stereocenters. The van der Waals surface area contributed by atoms with Gasteiger partial charge in [0.05, 0.1) is 16.8 Å². The number of hydrogen-bond donors (Lipinski definition) is 1. The molecule has 0 spiro atoms. The molecule has 2 aromatic heterocycles. The van der Waals surface area contributed by atoms with Gasteiger partial charge in [0.25, 0.3) is 0 Å². The fourth-order valence-corrected chi connectivity index (χ4v) is 3.11. The predicted octanol–water partition coefficient (Wildman–Crippen LogP) is 6.52. The van der Waals surface area contributed by atoms with E-state index < -0.39 is 0 Å². The Hall–Kier alpha value is -3.31. The second kappa shape index (κ2) is 7.97. The maximum absolute atomic E-state index is 12.2. The number of halogens is 1. The minimum absolute atomic E-state index is 0.284. The first kappa shape index (κ1) is 19.0. The van der Waals surface area contributed by atoms with Crippen LogP contribution in [0.1, 0.15) is 31.1 Å². The van der Waals surface area contributed by atoms with Gasteiger partial charge in [0.15, 0.2) is 5.58 Å². The van der Waals surface area contributed by atoms with E-state index in [1.54, 1.807) is 42.7 Å². The Morgan fingerprint density at radius 1 is 1.17 bits per heavy atom. The SMILES string of the molecule is CC(C)c1ccc2oc(-c3cc(NC(=O)/C=C/c4ccco4)ccc3Cl)nc2c1. The molecule has 0 saturated carbocycles. The maximum Gasteiger partial charge on any atom is 0.248 e. The highest BCUT2D eigenvalue weighted by atomic mass is 35.5. The van der Waals surface area contributed by atoms with Crippen molar-refractivity contribution in [2.75, 3.05) is 5.32 Å². The monoisotopic (exact) mass is 406 g/mol. The summed E-state index contributed by atoms with van der Waals surface area (Å²) in [6.07, 6.45) is 4.55. The van der Waals surface area contributed by atoms with Crippen LogP contribution >= 0.6 is 11.6 Å². The van der Waals surface area contributed by atoms with Gasteiger partial charge in [0.2, 0.25) is 11.8 Å². The Bertz CT molecular complexity index is 1190. The summed E-state index contributed by atoms with van der Waals surface area (Å²) in [4.78, 5) is 16.8. The Labute approximate surface area is 173 Å². The van der Waals surface area contributed by atoms with Crippen molar-refractivity contribution >= 4 is 40.4 Å². The fraction of sp³-hybridized carbons (Fsp3) is 0.130. The van der Waals surface area contributed by atoms with Crippen LogP contribution in [0, 0.1) is 0 Å². The number of furan rings is 1. The molecule has 0 aliphatic rings. The van der Waals surface area contributed by atoms with Crippen molar-refractivity contribution in [1.29, 1.82) is 0 Å². The Morgan fingerprint density at radius 2 is 2.03 bits per heavy atom. The first-order valence-electron chi connectivity index (χ1n) is 9.22. The standard InChI is InChI=1S/C23H19ClN2O3/c1-14(2)15-5-9-21-20(12-15)26-23(29-21)18-13-16(6-8-19(18)24)25-22(27)10-7-17-4-3-11-28-17/h3-14H,1-2H3,(H,25,27)/b10-7+. The quantitative estimate of drug-likeness (QED) is 0.383. The van der Waals surface area contributed by atoms with E-state index in [2.05, 4.69) is 24.1 Å². The minimum atomic E-state index is -0.284. The van der Waals surface area contributed by atoms with Crippen LogP contribution in [-0.2, 0) is 4.79 Å². The summed E-state index contributed by atoms with van der Waals surface area (Å²) in [5, 5.41) is 3.29. The van der Waals surface area contributed by atoms with Crippen molar-refractivity contribution in [2.24, 2.45) is 0 Å². The number of fused-ring (bicyclic) bond motifs is 1. The van der Waals surface area contributed by atoms with Crippen molar-refractivity contribution in [3.63, 3.8) is 0 Å². The van der Waals surface area contributed by atoms with Gasteiger partial charge in [-0.05, 0) is 60.0 Å². The number of rotatable bonds is 5. The highest BCUT2D eigenvalue weighted by Gasteiger charge is 2.14. The summed E-state index contributed by atoms with van der Waals surface area (Å²) < 4.78 is 11.1. The van der Waals surface area contributed by atoms with Crippen LogP contribution in [0.25, 0.3) is 28.6 Å².